The van der Waals surface area contributed by atoms with Gasteiger partial charge in [0.05, 0.1) is 13.0 Å². The van der Waals surface area contributed by atoms with E-state index in [2.05, 4.69) is 10.6 Å². The summed E-state index contributed by atoms with van der Waals surface area (Å²) in [5, 5.41) is 5.40. The molecule has 0 aliphatic carbocycles. The molecule has 3 amide bonds. The molecule has 2 rings (SSSR count). The number of hydrogen-bond donors (Lipinski definition) is 2. The normalized spacial score (nSPS) is 12.6. The molecule has 0 bridgehead atoms. The van der Waals surface area contributed by atoms with Crippen molar-refractivity contribution >= 4 is 23.4 Å². The van der Waals surface area contributed by atoms with Gasteiger partial charge < -0.3 is 15.5 Å². The first-order valence-corrected chi connectivity index (χ1v) is 7.03. The third kappa shape index (κ3) is 3.39. The predicted octanol–water partition coefficient (Wildman–Crippen LogP) is 0.779. The molecule has 112 valence electrons. The number of carbonyl (C=O) groups excluding carboxylic acids is 3. The minimum Gasteiger partial charge on any atom is -0.355 e. The van der Waals surface area contributed by atoms with Gasteiger partial charge in [-0.1, -0.05) is 6.07 Å². The van der Waals surface area contributed by atoms with Gasteiger partial charge in [0.1, 0.15) is 0 Å². The Balaban J connectivity index is 2.13. The maximum Gasteiger partial charge on any atom is 0.254 e. The van der Waals surface area contributed by atoms with E-state index in [1.165, 1.54) is 4.90 Å². The maximum absolute atomic E-state index is 12.4. The standard InChI is InChI=1S/C15H19N3O3/c1-3-16-14(20)9-18(4-2)15(21)11-6-5-10-8-13(19)17-12(10)7-11/h5-7H,3-4,8-9H2,1-2H3,(H,16,20)(H,17,19). The smallest absolute Gasteiger partial charge is 0.254 e. The topological polar surface area (TPSA) is 78.5 Å². The summed E-state index contributed by atoms with van der Waals surface area (Å²) in [5.41, 5.74) is 2.05. The maximum atomic E-state index is 12.4. The van der Waals surface area contributed by atoms with Crippen molar-refractivity contribution in [3.8, 4) is 0 Å². The predicted molar refractivity (Wildman–Crippen MR) is 79.0 cm³/mol. The fraction of sp³-hybridized carbons (Fsp3) is 0.400. The van der Waals surface area contributed by atoms with Crippen LogP contribution in [-0.4, -0.2) is 42.3 Å². The average molecular weight is 289 g/mol. The van der Waals surface area contributed by atoms with Crippen LogP contribution in [0.5, 0.6) is 0 Å². The van der Waals surface area contributed by atoms with Crippen LogP contribution in [0.2, 0.25) is 0 Å². The molecule has 1 heterocycles. The second kappa shape index (κ2) is 6.39. The van der Waals surface area contributed by atoms with E-state index in [0.717, 1.165) is 5.56 Å². The number of likely N-dealkylation sites (N-methyl/N-ethyl adjacent to an activating group) is 2. The van der Waals surface area contributed by atoms with Crippen molar-refractivity contribution in [1.82, 2.24) is 10.2 Å². The lowest BCUT2D eigenvalue weighted by atomic mass is 10.1. The van der Waals surface area contributed by atoms with Gasteiger partial charge in [-0.3, -0.25) is 14.4 Å². The number of fused-ring (bicyclic) bond motifs is 1. The fourth-order valence-electron chi connectivity index (χ4n) is 2.28. The molecule has 0 fully saturated rings. The van der Waals surface area contributed by atoms with Crippen LogP contribution in [0, 0.1) is 0 Å². The van der Waals surface area contributed by atoms with Crippen LogP contribution in [-0.2, 0) is 16.0 Å². The van der Waals surface area contributed by atoms with E-state index < -0.39 is 0 Å². The minimum absolute atomic E-state index is 0.0343. The van der Waals surface area contributed by atoms with Crippen LogP contribution in [0.15, 0.2) is 18.2 Å². The Labute approximate surface area is 123 Å². The molecule has 2 N–H and O–H groups in total. The zero-order valence-electron chi connectivity index (χ0n) is 12.2. The Hall–Kier alpha value is -2.37. The highest BCUT2D eigenvalue weighted by atomic mass is 16.2. The molecule has 1 aromatic rings. The number of anilines is 1. The molecular formula is C15H19N3O3. The summed E-state index contributed by atoms with van der Waals surface area (Å²) in [7, 11) is 0. The highest BCUT2D eigenvalue weighted by Gasteiger charge is 2.22. The largest absolute Gasteiger partial charge is 0.355 e. The first-order valence-electron chi connectivity index (χ1n) is 7.03. The molecule has 21 heavy (non-hydrogen) atoms. The summed E-state index contributed by atoms with van der Waals surface area (Å²) in [6.45, 7) is 4.67. The zero-order chi connectivity index (χ0) is 15.4. The molecule has 1 aromatic carbocycles. The van der Waals surface area contributed by atoms with Gasteiger partial charge in [-0.05, 0) is 31.5 Å². The van der Waals surface area contributed by atoms with Gasteiger partial charge in [0.15, 0.2) is 0 Å². The Morgan fingerprint density at radius 2 is 2.10 bits per heavy atom. The van der Waals surface area contributed by atoms with Crippen molar-refractivity contribution in [2.45, 2.75) is 20.3 Å². The number of nitrogens with one attached hydrogen (secondary N) is 2. The number of benzene rings is 1. The summed E-state index contributed by atoms with van der Waals surface area (Å²) in [6, 6.07) is 5.14. The molecule has 6 nitrogen and oxygen atoms in total. The van der Waals surface area contributed by atoms with Gasteiger partial charge in [-0.2, -0.15) is 0 Å². The van der Waals surface area contributed by atoms with Gasteiger partial charge in [-0.15, -0.1) is 0 Å². The van der Waals surface area contributed by atoms with Crippen LogP contribution in [0.4, 0.5) is 5.69 Å². The molecule has 6 heteroatoms. The molecule has 0 saturated heterocycles. The molecule has 1 aliphatic rings. The van der Waals surface area contributed by atoms with E-state index in [9.17, 15) is 14.4 Å². The average Bonchev–Trinajstić information content (AvgIpc) is 2.83. The molecule has 0 atom stereocenters. The van der Waals surface area contributed by atoms with Gasteiger partial charge in [0.25, 0.3) is 5.91 Å². The number of hydrogen-bond acceptors (Lipinski definition) is 3. The van der Waals surface area contributed by atoms with E-state index >= 15 is 0 Å². The van der Waals surface area contributed by atoms with Gasteiger partial charge in [0.2, 0.25) is 11.8 Å². The third-order valence-electron chi connectivity index (χ3n) is 3.36. The third-order valence-corrected chi connectivity index (χ3v) is 3.36. The highest BCUT2D eigenvalue weighted by molar-refractivity contribution is 6.02. The first kappa shape index (κ1) is 15.0. The molecule has 0 spiro atoms. The van der Waals surface area contributed by atoms with Crippen LogP contribution in [0.25, 0.3) is 0 Å². The molecule has 0 unspecified atom stereocenters. The number of rotatable bonds is 5. The Morgan fingerprint density at radius 3 is 2.76 bits per heavy atom. The Bertz CT molecular complexity index is 584. The second-order valence-electron chi connectivity index (χ2n) is 4.87. The van der Waals surface area contributed by atoms with Crippen LogP contribution in [0.3, 0.4) is 0 Å². The Morgan fingerprint density at radius 1 is 1.33 bits per heavy atom. The fourth-order valence-corrected chi connectivity index (χ4v) is 2.28. The second-order valence-corrected chi connectivity index (χ2v) is 4.87. The van der Waals surface area contributed by atoms with Crippen molar-refractivity contribution < 1.29 is 14.4 Å². The van der Waals surface area contributed by atoms with Gasteiger partial charge in [-0.25, -0.2) is 0 Å². The van der Waals surface area contributed by atoms with Crippen LogP contribution < -0.4 is 10.6 Å². The molecule has 0 aromatic heterocycles. The van der Waals surface area contributed by atoms with E-state index in [-0.39, 0.29) is 24.3 Å². The van der Waals surface area contributed by atoms with Crippen molar-refractivity contribution in [2.75, 3.05) is 25.0 Å². The summed E-state index contributed by atoms with van der Waals surface area (Å²) in [4.78, 5) is 36.9. The first-order chi connectivity index (χ1) is 10.0. The molecule has 0 saturated carbocycles. The van der Waals surface area contributed by atoms with E-state index in [4.69, 9.17) is 0 Å². The summed E-state index contributed by atoms with van der Waals surface area (Å²) in [6.07, 6.45) is 0.347. The lowest BCUT2D eigenvalue weighted by molar-refractivity contribution is -0.121. The number of carbonyl (C=O) groups is 3. The molecule has 1 aliphatic heterocycles. The lowest BCUT2D eigenvalue weighted by Gasteiger charge is -2.20. The number of nitrogens with zero attached hydrogens (tertiary/aromatic N) is 1. The summed E-state index contributed by atoms with van der Waals surface area (Å²) in [5.74, 6) is -0.459. The van der Waals surface area contributed by atoms with Crippen LogP contribution in [0.1, 0.15) is 29.8 Å². The van der Waals surface area contributed by atoms with E-state index in [1.807, 2.05) is 13.8 Å². The monoisotopic (exact) mass is 289 g/mol. The Kier molecular flexibility index (Phi) is 4.57. The molecular weight excluding hydrogens is 270 g/mol. The van der Waals surface area contributed by atoms with Crippen molar-refractivity contribution in [1.29, 1.82) is 0 Å². The quantitative estimate of drug-likeness (QED) is 0.840. The number of amides is 3. The highest BCUT2D eigenvalue weighted by Crippen LogP contribution is 2.24. The van der Waals surface area contributed by atoms with Crippen molar-refractivity contribution in [2.24, 2.45) is 0 Å². The van der Waals surface area contributed by atoms with E-state index in [1.54, 1.807) is 18.2 Å². The van der Waals surface area contributed by atoms with Gasteiger partial charge >= 0.3 is 0 Å². The van der Waals surface area contributed by atoms with E-state index in [0.29, 0.717) is 30.8 Å². The van der Waals surface area contributed by atoms with Crippen molar-refractivity contribution in [3.05, 3.63) is 29.3 Å². The lowest BCUT2D eigenvalue weighted by Crippen LogP contribution is -2.40. The van der Waals surface area contributed by atoms with Crippen molar-refractivity contribution in [3.63, 3.8) is 0 Å². The van der Waals surface area contributed by atoms with Crippen LogP contribution >= 0.6 is 0 Å². The summed E-state index contributed by atoms with van der Waals surface area (Å²) < 4.78 is 0. The molecule has 0 radical (unpaired) electrons. The zero-order valence-corrected chi connectivity index (χ0v) is 12.2. The van der Waals surface area contributed by atoms with Gasteiger partial charge in [0, 0.05) is 24.3 Å². The minimum atomic E-state index is -0.215. The SMILES string of the molecule is CCNC(=O)CN(CC)C(=O)c1ccc2c(c1)NC(=O)C2. The summed E-state index contributed by atoms with van der Waals surface area (Å²) >= 11 is 0.